The minimum atomic E-state index is -1.49. The highest BCUT2D eigenvalue weighted by Crippen LogP contribution is 2.49. The Hall–Kier alpha value is -2.91. The Labute approximate surface area is 216 Å². The van der Waals surface area contributed by atoms with E-state index < -0.39 is 10.7 Å². The minimum Gasteiger partial charge on any atom is -0.493 e. The second-order valence-electron chi connectivity index (χ2n) is 8.96. The number of benzene rings is 2. The van der Waals surface area contributed by atoms with Crippen molar-refractivity contribution in [2.24, 2.45) is 0 Å². The molecule has 194 valence electrons. The maximum atomic E-state index is 14.2. The molecule has 0 radical (unpaired) electrons. The van der Waals surface area contributed by atoms with E-state index in [0.29, 0.717) is 29.4 Å². The average molecular weight is 515 g/mol. The topological polar surface area (TPSA) is 77.5 Å². The first-order valence-corrected chi connectivity index (χ1v) is 13.0. The first kappa shape index (κ1) is 26.2. The minimum absolute atomic E-state index is 0.106. The quantitative estimate of drug-likeness (QED) is 0.370. The third-order valence-corrected chi connectivity index (χ3v) is 8.21. The van der Waals surface area contributed by atoms with Crippen molar-refractivity contribution in [1.82, 2.24) is 4.90 Å². The molecule has 9 heteroatoms. The van der Waals surface area contributed by atoms with Gasteiger partial charge in [0.1, 0.15) is 0 Å². The maximum absolute atomic E-state index is 14.2. The zero-order chi connectivity index (χ0) is 25.7. The fourth-order valence-corrected chi connectivity index (χ4v) is 6.38. The van der Waals surface area contributed by atoms with Crippen LogP contribution in [-0.4, -0.2) is 76.1 Å². The first-order valence-electron chi connectivity index (χ1n) is 12.2. The Morgan fingerprint density at radius 2 is 1.61 bits per heavy atom. The molecule has 1 saturated heterocycles. The number of anilines is 1. The summed E-state index contributed by atoms with van der Waals surface area (Å²) in [6, 6.07) is 11.3. The fourth-order valence-electron chi connectivity index (χ4n) is 4.97. The van der Waals surface area contributed by atoms with Gasteiger partial charge in [0.15, 0.2) is 11.5 Å². The van der Waals surface area contributed by atoms with E-state index in [4.69, 9.17) is 18.9 Å². The van der Waals surface area contributed by atoms with Crippen LogP contribution in [-0.2, 0) is 20.7 Å². The Morgan fingerprint density at radius 1 is 0.944 bits per heavy atom. The number of hydrogen-bond donors (Lipinski definition) is 0. The third-order valence-electron chi connectivity index (χ3n) is 6.81. The Morgan fingerprint density at radius 3 is 2.22 bits per heavy atom. The second kappa shape index (κ2) is 11.4. The molecule has 36 heavy (non-hydrogen) atoms. The number of carbonyl (C=O) groups is 2. The molecular formula is C27H34N2O6S. The summed E-state index contributed by atoms with van der Waals surface area (Å²) in [7, 11) is 5.94. The van der Waals surface area contributed by atoms with E-state index in [1.54, 1.807) is 17.0 Å². The fraction of sp³-hybridized carbons (Fsp3) is 0.481. The van der Waals surface area contributed by atoms with Crippen molar-refractivity contribution in [3.8, 4) is 17.2 Å². The van der Waals surface area contributed by atoms with E-state index in [-0.39, 0.29) is 12.3 Å². The molecule has 4 rings (SSSR count). The molecule has 0 spiro atoms. The van der Waals surface area contributed by atoms with Crippen LogP contribution in [0.25, 0.3) is 0 Å². The summed E-state index contributed by atoms with van der Waals surface area (Å²) in [4.78, 5) is 32.6. The van der Waals surface area contributed by atoms with Crippen LogP contribution in [0.5, 0.6) is 17.2 Å². The van der Waals surface area contributed by atoms with Gasteiger partial charge in [0.05, 0.1) is 34.1 Å². The van der Waals surface area contributed by atoms with Gasteiger partial charge in [-0.25, -0.2) is 4.79 Å². The van der Waals surface area contributed by atoms with Crippen LogP contribution in [0, 0.1) is 0 Å². The van der Waals surface area contributed by atoms with E-state index in [0.717, 1.165) is 30.2 Å². The highest BCUT2D eigenvalue weighted by Gasteiger charge is 2.54. The summed E-state index contributed by atoms with van der Waals surface area (Å²) in [5, 5.41) is 0. The lowest BCUT2D eigenvalue weighted by molar-refractivity contribution is -0.147. The van der Waals surface area contributed by atoms with Gasteiger partial charge >= 0.3 is 5.97 Å². The summed E-state index contributed by atoms with van der Waals surface area (Å²) < 4.78 is 20.2. The molecule has 0 aliphatic carbocycles. The van der Waals surface area contributed by atoms with Gasteiger partial charge in [-0.2, -0.15) is 0 Å². The van der Waals surface area contributed by atoms with Gasteiger partial charge in [-0.05, 0) is 55.8 Å². The number of piperidine rings is 1. The number of esters is 1. The molecule has 1 fully saturated rings. The zero-order valence-corrected chi connectivity index (χ0v) is 22.2. The summed E-state index contributed by atoms with van der Waals surface area (Å²) >= 11 is 1.25. The molecule has 2 aromatic carbocycles. The predicted octanol–water partition coefficient (Wildman–Crippen LogP) is 3.79. The molecule has 0 saturated carbocycles. The van der Waals surface area contributed by atoms with Gasteiger partial charge in [-0.15, -0.1) is 0 Å². The second-order valence-corrected chi connectivity index (χ2v) is 10.3. The highest BCUT2D eigenvalue weighted by molar-refractivity contribution is 8.02. The summed E-state index contributed by atoms with van der Waals surface area (Å²) in [5.74, 6) is 0.518. The highest BCUT2D eigenvalue weighted by atomic mass is 32.2. The van der Waals surface area contributed by atoms with Crippen molar-refractivity contribution < 1.29 is 28.5 Å². The summed E-state index contributed by atoms with van der Waals surface area (Å²) in [6.07, 6.45) is 3.70. The number of carbonyl (C=O) groups excluding carboxylic acids is 2. The molecule has 1 amide bonds. The summed E-state index contributed by atoms with van der Waals surface area (Å²) in [5.41, 5.74) is 1.53. The predicted molar refractivity (Wildman–Crippen MR) is 139 cm³/mol. The number of nitrogens with zero attached hydrogens (tertiary/aromatic N) is 2. The monoisotopic (exact) mass is 514 g/mol. The Bertz CT molecular complexity index is 1080. The van der Waals surface area contributed by atoms with E-state index >= 15 is 0 Å². The number of fused-ring (bicyclic) bond motifs is 1. The van der Waals surface area contributed by atoms with Crippen molar-refractivity contribution in [1.29, 1.82) is 0 Å². The largest absolute Gasteiger partial charge is 0.493 e. The Balaban J connectivity index is 1.74. The molecule has 0 bridgehead atoms. The lowest BCUT2D eigenvalue weighted by atomic mass is 9.95. The lowest BCUT2D eigenvalue weighted by Gasteiger charge is -2.41. The van der Waals surface area contributed by atoms with Crippen molar-refractivity contribution in [3.63, 3.8) is 0 Å². The standard InChI is InChI=1S/C27H34N2O6S/c1-32-21-16-19(17-22(33-2)24(21)34-3)18-27(26(31)35-4)25(30)29(15-14-28-12-8-5-9-13-28)20-10-6-7-11-23(20)36-27/h6-7,10-11,16-17H,5,8-9,12-15,18H2,1-4H3. The van der Waals surface area contributed by atoms with Crippen LogP contribution in [0.15, 0.2) is 41.3 Å². The van der Waals surface area contributed by atoms with Crippen LogP contribution >= 0.6 is 11.8 Å². The molecular weight excluding hydrogens is 480 g/mol. The molecule has 2 aliphatic rings. The van der Waals surface area contributed by atoms with Crippen LogP contribution in [0.4, 0.5) is 5.69 Å². The molecule has 0 aromatic heterocycles. The normalized spacial score (nSPS) is 20.0. The van der Waals surface area contributed by atoms with E-state index in [2.05, 4.69) is 4.90 Å². The van der Waals surface area contributed by atoms with Crippen molar-refractivity contribution in [3.05, 3.63) is 42.0 Å². The molecule has 0 N–H and O–H groups in total. The van der Waals surface area contributed by atoms with Crippen LogP contribution in [0.2, 0.25) is 0 Å². The number of amides is 1. The van der Waals surface area contributed by atoms with Gasteiger partial charge in [-0.3, -0.25) is 4.79 Å². The number of hydrogen-bond acceptors (Lipinski definition) is 8. The van der Waals surface area contributed by atoms with E-state index in [1.807, 2.05) is 24.3 Å². The molecule has 8 nitrogen and oxygen atoms in total. The van der Waals surface area contributed by atoms with E-state index in [9.17, 15) is 9.59 Å². The van der Waals surface area contributed by atoms with E-state index in [1.165, 1.54) is 59.5 Å². The first-order chi connectivity index (χ1) is 17.5. The third kappa shape index (κ3) is 4.99. The average Bonchev–Trinajstić information content (AvgIpc) is 2.92. The molecule has 1 atom stereocenters. The number of methoxy groups -OCH3 is 4. The number of para-hydroxylation sites is 1. The Kier molecular flexibility index (Phi) is 8.31. The molecule has 2 aliphatic heterocycles. The molecule has 2 aromatic rings. The van der Waals surface area contributed by atoms with Crippen LogP contribution < -0.4 is 19.1 Å². The van der Waals surface area contributed by atoms with Crippen molar-refractivity contribution in [2.75, 3.05) is 59.5 Å². The maximum Gasteiger partial charge on any atom is 0.332 e. The molecule has 2 heterocycles. The van der Waals surface area contributed by atoms with Crippen molar-refractivity contribution in [2.45, 2.75) is 35.3 Å². The molecule has 1 unspecified atom stereocenters. The smallest absolute Gasteiger partial charge is 0.332 e. The SMILES string of the molecule is COC(=O)C1(Cc2cc(OC)c(OC)c(OC)c2)Sc2ccccc2N(CCN2CCCCC2)C1=O. The van der Waals surface area contributed by atoms with Gasteiger partial charge in [0.25, 0.3) is 5.91 Å². The number of rotatable bonds is 9. The van der Waals surface area contributed by atoms with Gasteiger partial charge in [0.2, 0.25) is 10.5 Å². The zero-order valence-electron chi connectivity index (χ0n) is 21.4. The van der Waals surface area contributed by atoms with Gasteiger partial charge in [0, 0.05) is 24.4 Å². The number of thioether (sulfide) groups is 1. The number of ether oxygens (including phenoxy) is 4. The summed E-state index contributed by atoms with van der Waals surface area (Å²) in [6.45, 7) is 3.33. The van der Waals surface area contributed by atoms with Gasteiger partial charge in [-0.1, -0.05) is 30.3 Å². The van der Waals surface area contributed by atoms with Crippen LogP contribution in [0.3, 0.4) is 0 Å². The van der Waals surface area contributed by atoms with Crippen LogP contribution in [0.1, 0.15) is 24.8 Å². The number of likely N-dealkylation sites (tertiary alicyclic amines) is 1. The van der Waals surface area contributed by atoms with Gasteiger partial charge < -0.3 is 28.7 Å². The lowest BCUT2D eigenvalue weighted by Crippen LogP contribution is -2.57. The van der Waals surface area contributed by atoms with Crippen molar-refractivity contribution >= 4 is 29.3 Å².